The molecular weight excluding hydrogens is 303 g/mol. The summed E-state index contributed by atoms with van der Waals surface area (Å²) >= 11 is 16.9. The lowest BCUT2D eigenvalue weighted by Gasteiger charge is -2.11. The molecule has 104 valence electrons. The van der Waals surface area contributed by atoms with Crippen molar-refractivity contribution in [1.82, 2.24) is 5.32 Å². The molecule has 0 aromatic heterocycles. The zero-order chi connectivity index (χ0) is 14.3. The molecule has 1 amide bonds. The average molecular weight is 319 g/mol. The molecule has 1 aromatic carbocycles. The zero-order valence-electron chi connectivity index (χ0n) is 10.6. The van der Waals surface area contributed by atoms with Crippen LogP contribution in [0.1, 0.15) is 32.6 Å². The van der Waals surface area contributed by atoms with Gasteiger partial charge in [0.1, 0.15) is 0 Å². The maximum absolute atomic E-state index is 11.6. The second-order valence-corrected chi connectivity index (χ2v) is 5.34. The van der Waals surface area contributed by atoms with Gasteiger partial charge in [0, 0.05) is 11.4 Å². The smallest absolute Gasteiger partial charge is 0.226 e. The van der Waals surface area contributed by atoms with Crippen LogP contribution in [0.5, 0.6) is 0 Å². The zero-order valence-corrected chi connectivity index (χ0v) is 13.0. The Bertz CT molecular complexity index is 466. The maximum Gasteiger partial charge on any atom is 0.226 e. The molecule has 0 aliphatic heterocycles. The average Bonchev–Trinajstić information content (AvgIpc) is 2.34. The molecule has 0 aliphatic carbocycles. The molecule has 0 heterocycles. The predicted octanol–water partition coefficient (Wildman–Crippen LogP) is 4.39. The van der Waals surface area contributed by atoms with E-state index in [1.165, 1.54) is 0 Å². The van der Waals surface area contributed by atoms with E-state index < -0.39 is 0 Å². The first kappa shape index (κ1) is 16.2. The Kier molecular flexibility index (Phi) is 7.13. The quantitative estimate of drug-likeness (QED) is 0.625. The molecule has 0 unspecified atom stereocenters. The monoisotopic (exact) mass is 318 g/mol. The molecule has 6 heteroatoms. The number of unbranched alkanes of at least 4 members (excludes halogenated alkanes) is 2. The van der Waals surface area contributed by atoms with E-state index in [0.717, 1.165) is 19.3 Å². The van der Waals surface area contributed by atoms with E-state index in [1.54, 1.807) is 18.2 Å². The fourth-order valence-corrected chi connectivity index (χ4v) is 2.03. The van der Waals surface area contributed by atoms with E-state index in [1.807, 2.05) is 0 Å². The summed E-state index contributed by atoms with van der Waals surface area (Å²) in [5, 5.41) is 6.73. The Morgan fingerprint density at radius 2 is 2.05 bits per heavy atom. The van der Waals surface area contributed by atoms with Crippen molar-refractivity contribution in [2.75, 3.05) is 5.32 Å². The summed E-state index contributed by atoms with van der Waals surface area (Å²) in [4.78, 5) is 11.6. The topological polar surface area (TPSA) is 41.1 Å². The Morgan fingerprint density at radius 1 is 1.32 bits per heavy atom. The van der Waals surface area contributed by atoms with E-state index in [4.69, 9.17) is 35.4 Å². The van der Waals surface area contributed by atoms with Gasteiger partial charge in [0.15, 0.2) is 5.11 Å². The molecule has 1 aromatic rings. The van der Waals surface area contributed by atoms with Gasteiger partial charge in [-0.1, -0.05) is 43.0 Å². The number of rotatable bonds is 5. The van der Waals surface area contributed by atoms with Gasteiger partial charge in [0.2, 0.25) is 5.91 Å². The molecule has 3 nitrogen and oxygen atoms in total. The van der Waals surface area contributed by atoms with Crippen molar-refractivity contribution in [3.05, 3.63) is 28.2 Å². The normalized spacial score (nSPS) is 10.1. The summed E-state index contributed by atoms with van der Waals surface area (Å²) in [5.41, 5.74) is 0.577. The minimum atomic E-state index is -0.0934. The van der Waals surface area contributed by atoms with Crippen LogP contribution in [0.3, 0.4) is 0 Å². The third kappa shape index (κ3) is 6.23. The molecule has 0 saturated carbocycles. The lowest BCUT2D eigenvalue weighted by Crippen LogP contribution is -2.34. The summed E-state index contributed by atoms with van der Waals surface area (Å²) in [6, 6.07) is 5.00. The van der Waals surface area contributed by atoms with Gasteiger partial charge < -0.3 is 10.6 Å². The van der Waals surface area contributed by atoms with E-state index in [9.17, 15) is 4.79 Å². The number of nitrogens with one attached hydrogen (secondary N) is 2. The summed E-state index contributed by atoms with van der Waals surface area (Å²) < 4.78 is 0. The maximum atomic E-state index is 11.6. The molecular formula is C13H16Cl2N2OS. The molecule has 0 radical (unpaired) electrons. The van der Waals surface area contributed by atoms with Crippen molar-refractivity contribution in [2.45, 2.75) is 32.6 Å². The highest BCUT2D eigenvalue weighted by Crippen LogP contribution is 2.25. The molecule has 0 saturated heterocycles. The van der Waals surface area contributed by atoms with Crippen LogP contribution in [-0.2, 0) is 4.79 Å². The van der Waals surface area contributed by atoms with Crippen LogP contribution in [0.2, 0.25) is 10.0 Å². The Balaban J connectivity index is 2.46. The second-order valence-electron chi connectivity index (χ2n) is 4.08. The largest absolute Gasteiger partial charge is 0.331 e. The Labute approximate surface area is 128 Å². The van der Waals surface area contributed by atoms with Crippen molar-refractivity contribution < 1.29 is 4.79 Å². The van der Waals surface area contributed by atoms with Gasteiger partial charge in [0.05, 0.1) is 10.7 Å². The first-order valence-electron chi connectivity index (χ1n) is 6.08. The molecule has 19 heavy (non-hydrogen) atoms. The standard InChI is InChI=1S/C13H16Cl2N2OS/c1-2-3-4-5-12(18)17-13(19)16-11-8-9(14)6-7-10(11)15/h6-8H,2-5H2,1H3,(H2,16,17,18,19). The van der Waals surface area contributed by atoms with Gasteiger partial charge in [-0.15, -0.1) is 0 Å². The number of anilines is 1. The molecule has 2 N–H and O–H groups in total. The highest BCUT2D eigenvalue weighted by molar-refractivity contribution is 7.80. The summed E-state index contributed by atoms with van der Waals surface area (Å²) in [6.07, 6.45) is 3.45. The first-order chi connectivity index (χ1) is 9.02. The van der Waals surface area contributed by atoms with E-state index in [0.29, 0.717) is 22.2 Å². The van der Waals surface area contributed by atoms with Crippen LogP contribution in [0.25, 0.3) is 0 Å². The van der Waals surface area contributed by atoms with Crippen LogP contribution in [0.15, 0.2) is 18.2 Å². The van der Waals surface area contributed by atoms with Crippen molar-refractivity contribution in [1.29, 1.82) is 0 Å². The fraction of sp³-hybridized carbons (Fsp3) is 0.385. The van der Waals surface area contributed by atoms with E-state index >= 15 is 0 Å². The van der Waals surface area contributed by atoms with Crippen molar-refractivity contribution in [3.8, 4) is 0 Å². The van der Waals surface area contributed by atoms with Gasteiger partial charge in [-0.25, -0.2) is 0 Å². The summed E-state index contributed by atoms with van der Waals surface area (Å²) in [6.45, 7) is 2.09. The number of thiocarbonyl (C=S) groups is 1. The van der Waals surface area contributed by atoms with Gasteiger partial charge in [-0.05, 0) is 36.8 Å². The number of amides is 1. The van der Waals surface area contributed by atoms with Gasteiger partial charge in [-0.3, -0.25) is 4.79 Å². The predicted molar refractivity (Wildman–Crippen MR) is 85.0 cm³/mol. The van der Waals surface area contributed by atoms with E-state index in [2.05, 4.69) is 17.6 Å². The number of benzene rings is 1. The summed E-state index contributed by atoms with van der Waals surface area (Å²) in [5.74, 6) is -0.0934. The Hall–Kier alpha value is -0.840. The highest BCUT2D eigenvalue weighted by Gasteiger charge is 2.07. The third-order valence-corrected chi connectivity index (χ3v) is 3.21. The van der Waals surface area contributed by atoms with Crippen LogP contribution in [0, 0.1) is 0 Å². The molecule has 0 atom stereocenters. The number of hydrogen-bond donors (Lipinski definition) is 2. The number of carbonyl (C=O) groups excluding carboxylic acids is 1. The van der Waals surface area contributed by atoms with E-state index in [-0.39, 0.29) is 11.0 Å². The number of halogens is 2. The fourth-order valence-electron chi connectivity index (χ4n) is 1.47. The summed E-state index contributed by atoms with van der Waals surface area (Å²) in [7, 11) is 0. The highest BCUT2D eigenvalue weighted by atomic mass is 35.5. The van der Waals surface area contributed by atoms with Crippen molar-refractivity contribution in [3.63, 3.8) is 0 Å². The first-order valence-corrected chi connectivity index (χ1v) is 7.25. The van der Waals surface area contributed by atoms with Crippen molar-refractivity contribution >= 4 is 52.1 Å². The number of carbonyl (C=O) groups is 1. The van der Waals surface area contributed by atoms with Crippen LogP contribution >= 0.6 is 35.4 Å². The van der Waals surface area contributed by atoms with Gasteiger partial charge in [0.25, 0.3) is 0 Å². The molecule has 0 bridgehead atoms. The van der Waals surface area contributed by atoms with Crippen molar-refractivity contribution in [2.24, 2.45) is 0 Å². The minimum Gasteiger partial charge on any atom is -0.331 e. The minimum absolute atomic E-state index is 0.0934. The second kappa shape index (κ2) is 8.35. The van der Waals surface area contributed by atoms with Crippen LogP contribution in [-0.4, -0.2) is 11.0 Å². The molecule has 1 rings (SSSR count). The SMILES string of the molecule is CCCCCC(=O)NC(=S)Nc1cc(Cl)ccc1Cl. The molecule has 0 aliphatic rings. The van der Waals surface area contributed by atoms with Crippen LogP contribution < -0.4 is 10.6 Å². The van der Waals surface area contributed by atoms with Crippen LogP contribution in [0.4, 0.5) is 5.69 Å². The van der Waals surface area contributed by atoms with Gasteiger partial charge >= 0.3 is 0 Å². The molecule has 0 fully saturated rings. The van der Waals surface area contributed by atoms with Gasteiger partial charge in [-0.2, -0.15) is 0 Å². The lowest BCUT2D eigenvalue weighted by atomic mass is 10.2. The number of hydrogen-bond acceptors (Lipinski definition) is 2. The Morgan fingerprint density at radius 3 is 2.74 bits per heavy atom. The third-order valence-electron chi connectivity index (χ3n) is 2.44. The molecule has 0 spiro atoms. The lowest BCUT2D eigenvalue weighted by molar-refractivity contribution is -0.119.